The minimum Gasteiger partial charge on any atom is -0.508 e. The fraction of sp³-hybridized carbons (Fsp3) is 0.308. The van der Waals surface area contributed by atoms with Crippen LogP contribution in [0.4, 0.5) is 0 Å². The van der Waals surface area contributed by atoms with Gasteiger partial charge in [-0.3, -0.25) is 0 Å². The molecule has 0 amide bonds. The van der Waals surface area contributed by atoms with E-state index < -0.39 is 0 Å². The number of hydrogen-bond donors (Lipinski definition) is 2. The Morgan fingerprint density at radius 2 is 2.12 bits per heavy atom. The van der Waals surface area contributed by atoms with Crippen molar-refractivity contribution >= 4 is 0 Å². The van der Waals surface area contributed by atoms with Crippen molar-refractivity contribution in [3.05, 3.63) is 42.2 Å². The first kappa shape index (κ1) is 10.4. The highest BCUT2D eigenvalue weighted by Crippen LogP contribution is 2.22. The Morgan fingerprint density at radius 3 is 2.82 bits per heavy atom. The van der Waals surface area contributed by atoms with E-state index in [4.69, 9.17) is 0 Å². The number of phenolic OH excluding ortho intramolecular Hbond substituents is 1. The first-order valence-electron chi connectivity index (χ1n) is 5.87. The second-order valence-corrected chi connectivity index (χ2v) is 4.42. The van der Waals surface area contributed by atoms with E-state index in [2.05, 4.69) is 16.6 Å². The molecule has 3 rings (SSSR count). The molecule has 2 aromatic rings. The molecule has 1 atom stereocenters. The largest absolute Gasteiger partial charge is 0.508 e. The molecule has 1 aromatic carbocycles. The molecule has 1 unspecified atom stereocenters. The van der Waals surface area contributed by atoms with Crippen molar-refractivity contribution in [2.24, 2.45) is 0 Å². The Hall–Kier alpha value is -1.81. The van der Waals surface area contributed by atoms with Crippen LogP contribution in [0.25, 0.3) is 5.69 Å². The lowest BCUT2D eigenvalue weighted by atomic mass is 10.0. The van der Waals surface area contributed by atoms with Gasteiger partial charge in [0.05, 0.1) is 11.9 Å². The van der Waals surface area contributed by atoms with E-state index in [0.29, 0.717) is 5.92 Å². The fourth-order valence-corrected chi connectivity index (χ4v) is 2.23. The Balaban J connectivity index is 1.86. The predicted octanol–water partition coefficient (Wildman–Crippen LogP) is 1.65. The second kappa shape index (κ2) is 4.22. The topological polar surface area (TPSA) is 50.1 Å². The molecule has 4 nitrogen and oxygen atoms in total. The van der Waals surface area contributed by atoms with E-state index in [-0.39, 0.29) is 5.75 Å². The molecule has 0 bridgehead atoms. The number of aromatic nitrogens is 2. The summed E-state index contributed by atoms with van der Waals surface area (Å²) in [5.41, 5.74) is 2.25. The zero-order chi connectivity index (χ0) is 11.7. The number of benzene rings is 1. The van der Waals surface area contributed by atoms with Gasteiger partial charge in [-0.05, 0) is 42.8 Å². The lowest BCUT2D eigenvalue weighted by Crippen LogP contribution is -2.07. The maximum Gasteiger partial charge on any atom is 0.115 e. The van der Waals surface area contributed by atoms with Crippen molar-refractivity contribution in [3.63, 3.8) is 0 Å². The van der Waals surface area contributed by atoms with Gasteiger partial charge < -0.3 is 10.4 Å². The molecule has 0 spiro atoms. The average Bonchev–Trinajstić information content (AvgIpc) is 3.00. The van der Waals surface area contributed by atoms with Crippen LogP contribution in [-0.4, -0.2) is 28.0 Å². The van der Waals surface area contributed by atoms with Crippen LogP contribution in [0.2, 0.25) is 0 Å². The summed E-state index contributed by atoms with van der Waals surface area (Å²) in [5.74, 6) is 0.863. The summed E-state index contributed by atoms with van der Waals surface area (Å²) in [6, 6.07) is 7.07. The van der Waals surface area contributed by atoms with Crippen LogP contribution in [0.1, 0.15) is 17.9 Å². The third-order valence-electron chi connectivity index (χ3n) is 3.25. The van der Waals surface area contributed by atoms with Gasteiger partial charge in [0.1, 0.15) is 5.75 Å². The van der Waals surface area contributed by atoms with Crippen molar-refractivity contribution in [3.8, 4) is 11.4 Å². The molecular weight excluding hydrogens is 214 g/mol. The number of nitrogens with zero attached hydrogens (tertiary/aromatic N) is 2. The van der Waals surface area contributed by atoms with Gasteiger partial charge in [0.15, 0.2) is 0 Å². The minimum absolute atomic E-state index is 0.279. The van der Waals surface area contributed by atoms with Crippen LogP contribution in [-0.2, 0) is 0 Å². The molecule has 2 N–H and O–H groups in total. The lowest BCUT2D eigenvalue weighted by molar-refractivity contribution is 0.475. The summed E-state index contributed by atoms with van der Waals surface area (Å²) < 4.78 is 1.85. The van der Waals surface area contributed by atoms with Crippen molar-refractivity contribution in [1.82, 2.24) is 15.1 Å². The normalized spacial score (nSPS) is 19.6. The molecule has 2 heterocycles. The van der Waals surface area contributed by atoms with E-state index in [1.54, 1.807) is 12.1 Å². The van der Waals surface area contributed by atoms with Crippen molar-refractivity contribution in [2.75, 3.05) is 13.1 Å². The molecule has 1 aliphatic heterocycles. The Kier molecular flexibility index (Phi) is 2.57. The average molecular weight is 229 g/mol. The van der Waals surface area contributed by atoms with Crippen LogP contribution >= 0.6 is 0 Å². The molecule has 1 fully saturated rings. The number of rotatable bonds is 2. The Morgan fingerprint density at radius 1 is 1.29 bits per heavy atom. The monoisotopic (exact) mass is 229 g/mol. The van der Waals surface area contributed by atoms with Crippen LogP contribution in [0.3, 0.4) is 0 Å². The summed E-state index contributed by atoms with van der Waals surface area (Å²) in [6.45, 7) is 2.14. The van der Waals surface area contributed by atoms with Gasteiger partial charge in [-0.25, -0.2) is 4.68 Å². The maximum absolute atomic E-state index is 9.24. The van der Waals surface area contributed by atoms with E-state index in [9.17, 15) is 5.11 Å². The highest BCUT2D eigenvalue weighted by atomic mass is 16.3. The first-order chi connectivity index (χ1) is 8.33. The van der Waals surface area contributed by atoms with Gasteiger partial charge in [0.25, 0.3) is 0 Å². The van der Waals surface area contributed by atoms with E-state index in [1.807, 2.05) is 23.0 Å². The Bertz CT molecular complexity index is 498. The molecule has 1 aromatic heterocycles. The lowest BCUT2D eigenvalue weighted by Gasteiger charge is -2.04. The van der Waals surface area contributed by atoms with Gasteiger partial charge in [0.2, 0.25) is 0 Å². The fourth-order valence-electron chi connectivity index (χ4n) is 2.23. The van der Waals surface area contributed by atoms with Gasteiger partial charge in [-0.2, -0.15) is 5.10 Å². The predicted molar refractivity (Wildman–Crippen MR) is 65.5 cm³/mol. The van der Waals surface area contributed by atoms with Gasteiger partial charge >= 0.3 is 0 Å². The van der Waals surface area contributed by atoms with Crippen LogP contribution in [0.15, 0.2) is 36.7 Å². The summed E-state index contributed by atoms with van der Waals surface area (Å²) in [7, 11) is 0. The van der Waals surface area contributed by atoms with Crippen molar-refractivity contribution in [1.29, 1.82) is 0 Å². The molecule has 17 heavy (non-hydrogen) atoms. The maximum atomic E-state index is 9.24. The summed E-state index contributed by atoms with van der Waals surface area (Å²) in [5, 5.41) is 17.0. The molecule has 0 saturated carbocycles. The zero-order valence-corrected chi connectivity index (χ0v) is 9.50. The van der Waals surface area contributed by atoms with Crippen LogP contribution in [0, 0.1) is 0 Å². The molecule has 4 heteroatoms. The van der Waals surface area contributed by atoms with Gasteiger partial charge in [0, 0.05) is 18.7 Å². The zero-order valence-electron chi connectivity index (χ0n) is 9.50. The van der Waals surface area contributed by atoms with Gasteiger partial charge in [-0.1, -0.05) is 0 Å². The SMILES string of the molecule is Oc1ccc(-n2cc(C3CCNC3)cn2)cc1. The van der Waals surface area contributed by atoms with Crippen LogP contribution in [0.5, 0.6) is 5.75 Å². The molecule has 0 radical (unpaired) electrons. The first-order valence-corrected chi connectivity index (χ1v) is 5.87. The molecule has 0 aliphatic carbocycles. The molecule has 1 saturated heterocycles. The van der Waals surface area contributed by atoms with E-state index >= 15 is 0 Å². The second-order valence-electron chi connectivity index (χ2n) is 4.42. The van der Waals surface area contributed by atoms with Crippen molar-refractivity contribution in [2.45, 2.75) is 12.3 Å². The minimum atomic E-state index is 0.279. The number of phenols is 1. The highest BCUT2D eigenvalue weighted by molar-refractivity contribution is 5.36. The number of hydrogen-bond acceptors (Lipinski definition) is 3. The standard InChI is InChI=1S/C13H15N3O/c17-13-3-1-12(2-4-13)16-9-11(8-15-16)10-5-6-14-7-10/h1-4,8-10,14,17H,5-7H2. The third kappa shape index (κ3) is 2.03. The molecular formula is C13H15N3O. The van der Waals surface area contributed by atoms with E-state index in [0.717, 1.165) is 18.8 Å². The Labute approximate surface area is 99.9 Å². The van der Waals surface area contributed by atoms with Crippen molar-refractivity contribution < 1.29 is 5.11 Å². The smallest absolute Gasteiger partial charge is 0.115 e. The molecule has 1 aliphatic rings. The summed E-state index contributed by atoms with van der Waals surface area (Å²) in [4.78, 5) is 0. The molecule has 88 valence electrons. The third-order valence-corrected chi connectivity index (χ3v) is 3.25. The quantitative estimate of drug-likeness (QED) is 0.823. The number of nitrogens with one attached hydrogen (secondary N) is 1. The van der Waals surface area contributed by atoms with Crippen LogP contribution < -0.4 is 5.32 Å². The van der Waals surface area contributed by atoms with E-state index in [1.165, 1.54) is 12.0 Å². The van der Waals surface area contributed by atoms with Gasteiger partial charge in [-0.15, -0.1) is 0 Å². The number of aromatic hydroxyl groups is 1. The summed E-state index contributed by atoms with van der Waals surface area (Å²) in [6.07, 6.45) is 5.19. The summed E-state index contributed by atoms with van der Waals surface area (Å²) >= 11 is 0. The highest BCUT2D eigenvalue weighted by Gasteiger charge is 2.18.